The van der Waals surface area contributed by atoms with Gasteiger partial charge in [0.15, 0.2) is 0 Å². The van der Waals surface area contributed by atoms with Crippen molar-refractivity contribution in [3.8, 4) is 11.8 Å². The van der Waals surface area contributed by atoms with Crippen molar-refractivity contribution in [3.05, 3.63) is 34.3 Å². The summed E-state index contributed by atoms with van der Waals surface area (Å²) in [6, 6.07) is 2.31. The summed E-state index contributed by atoms with van der Waals surface area (Å²) in [6.07, 6.45) is -4.79. The lowest BCUT2D eigenvalue weighted by molar-refractivity contribution is -0.140. The molecule has 0 aliphatic heterocycles. The van der Waals surface area contributed by atoms with Gasteiger partial charge in [-0.25, -0.2) is 9.07 Å². The van der Waals surface area contributed by atoms with Gasteiger partial charge < -0.3 is 4.74 Å². The van der Waals surface area contributed by atoms with E-state index in [-0.39, 0.29) is 16.5 Å². The summed E-state index contributed by atoms with van der Waals surface area (Å²) < 4.78 is 57.2. The SMILES string of the molecule is Cn1nc(Br)nc1Oc1ccc(F)c(C(F)(F)F)c1. The number of halogens is 5. The first-order chi connectivity index (χ1) is 8.77. The molecule has 1 heterocycles. The molecule has 19 heavy (non-hydrogen) atoms. The zero-order valence-electron chi connectivity index (χ0n) is 9.37. The van der Waals surface area contributed by atoms with Gasteiger partial charge in [-0.15, -0.1) is 5.10 Å². The van der Waals surface area contributed by atoms with Gasteiger partial charge in [0, 0.05) is 7.05 Å². The number of hydrogen-bond donors (Lipinski definition) is 0. The third-order valence-corrected chi connectivity index (χ3v) is 2.49. The van der Waals surface area contributed by atoms with Crippen LogP contribution in [0, 0.1) is 5.82 Å². The molecule has 0 bridgehead atoms. The first-order valence-electron chi connectivity index (χ1n) is 4.88. The minimum absolute atomic E-state index is 0.0217. The van der Waals surface area contributed by atoms with Crippen molar-refractivity contribution in [3.63, 3.8) is 0 Å². The van der Waals surface area contributed by atoms with Gasteiger partial charge in [-0.1, -0.05) is 0 Å². The van der Waals surface area contributed by atoms with Gasteiger partial charge in [0.05, 0.1) is 5.56 Å². The number of hydrogen-bond acceptors (Lipinski definition) is 3. The Kier molecular flexibility index (Phi) is 3.48. The summed E-state index contributed by atoms with van der Waals surface area (Å²) in [5, 5.41) is 3.80. The largest absolute Gasteiger partial charge is 0.424 e. The first kappa shape index (κ1) is 13.8. The molecule has 2 rings (SSSR count). The minimum Gasteiger partial charge on any atom is -0.424 e. The van der Waals surface area contributed by atoms with E-state index in [1.807, 2.05) is 0 Å². The fourth-order valence-corrected chi connectivity index (χ4v) is 1.71. The molecule has 0 saturated heterocycles. The zero-order valence-corrected chi connectivity index (χ0v) is 11.0. The van der Waals surface area contributed by atoms with Crippen molar-refractivity contribution in [2.45, 2.75) is 6.18 Å². The Balaban J connectivity index is 2.34. The van der Waals surface area contributed by atoms with Gasteiger partial charge in [0.1, 0.15) is 11.6 Å². The maximum absolute atomic E-state index is 13.1. The van der Waals surface area contributed by atoms with Gasteiger partial charge in [0.2, 0.25) is 4.73 Å². The van der Waals surface area contributed by atoms with Crippen LogP contribution in [0.2, 0.25) is 0 Å². The van der Waals surface area contributed by atoms with Crippen molar-refractivity contribution >= 4 is 15.9 Å². The number of aromatic nitrogens is 3. The summed E-state index contributed by atoms with van der Waals surface area (Å²) >= 11 is 2.99. The topological polar surface area (TPSA) is 39.9 Å². The van der Waals surface area contributed by atoms with Crippen LogP contribution in [0.3, 0.4) is 0 Å². The number of rotatable bonds is 2. The molecule has 4 nitrogen and oxygen atoms in total. The molecule has 0 unspecified atom stereocenters. The lowest BCUT2D eigenvalue weighted by Crippen LogP contribution is -2.08. The maximum Gasteiger partial charge on any atom is 0.419 e. The third-order valence-electron chi connectivity index (χ3n) is 2.15. The zero-order chi connectivity index (χ0) is 14.2. The molecule has 0 aliphatic rings. The monoisotopic (exact) mass is 339 g/mol. The highest BCUT2D eigenvalue weighted by atomic mass is 79.9. The van der Waals surface area contributed by atoms with E-state index < -0.39 is 17.6 Å². The summed E-state index contributed by atoms with van der Waals surface area (Å²) in [6.45, 7) is 0. The first-order valence-corrected chi connectivity index (χ1v) is 5.68. The highest BCUT2D eigenvalue weighted by Gasteiger charge is 2.34. The molecule has 0 saturated carbocycles. The van der Waals surface area contributed by atoms with Crippen molar-refractivity contribution in [2.75, 3.05) is 0 Å². The van der Waals surface area contributed by atoms with Crippen LogP contribution in [-0.2, 0) is 13.2 Å². The summed E-state index contributed by atoms with van der Waals surface area (Å²) in [7, 11) is 1.50. The van der Waals surface area contributed by atoms with E-state index in [0.29, 0.717) is 12.1 Å². The number of benzene rings is 1. The van der Waals surface area contributed by atoms with Crippen LogP contribution in [0.1, 0.15) is 5.56 Å². The normalized spacial score (nSPS) is 11.7. The smallest absolute Gasteiger partial charge is 0.419 e. The second kappa shape index (κ2) is 4.80. The summed E-state index contributed by atoms with van der Waals surface area (Å²) in [4.78, 5) is 3.79. The number of nitrogens with zero attached hydrogens (tertiary/aromatic N) is 3. The molecule has 0 spiro atoms. The van der Waals surface area contributed by atoms with Gasteiger partial charge in [-0.2, -0.15) is 18.2 Å². The van der Waals surface area contributed by atoms with E-state index in [1.54, 1.807) is 0 Å². The quantitative estimate of drug-likeness (QED) is 0.786. The second-order valence-electron chi connectivity index (χ2n) is 3.53. The highest BCUT2D eigenvalue weighted by molar-refractivity contribution is 9.10. The highest BCUT2D eigenvalue weighted by Crippen LogP contribution is 2.34. The number of alkyl halides is 3. The fourth-order valence-electron chi connectivity index (χ4n) is 1.32. The Morgan fingerprint density at radius 3 is 2.53 bits per heavy atom. The predicted octanol–water partition coefficient (Wildman–Crippen LogP) is 3.53. The molecule has 2 aromatic rings. The van der Waals surface area contributed by atoms with Crippen LogP contribution in [-0.4, -0.2) is 14.8 Å². The Morgan fingerprint density at radius 1 is 1.32 bits per heavy atom. The van der Waals surface area contributed by atoms with Crippen LogP contribution in [0.4, 0.5) is 17.6 Å². The minimum atomic E-state index is -4.79. The van der Waals surface area contributed by atoms with Gasteiger partial charge in [-0.3, -0.25) is 0 Å². The second-order valence-corrected chi connectivity index (χ2v) is 4.24. The van der Waals surface area contributed by atoms with Crippen LogP contribution in [0.5, 0.6) is 11.8 Å². The molecular formula is C10H6BrF4N3O. The lowest BCUT2D eigenvalue weighted by Gasteiger charge is -2.10. The Hall–Kier alpha value is -1.64. The predicted molar refractivity (Wildman–Crippen MR) is 60.2 cm³/mol. The molecule has 0 aliphatic carbocycles. The molecular weight excluding hydrogens is 334 g/mol. The van der Waals surface area contributed by atoms with E-state index in [4.69, 9.17) is 4.74 Å². The molecule has 1 aromatic heterocycles. The van der Waals surface area contributed by atoms with Crippen LogP contribution in [0.25, 0.3) is 0 Å². The molecule has 9 heteroatoms. The molecule has 0 fully saturated rings. The van der Waals surface area contributed by atoms with E-state index in [2.05, 4.69) is 26.0 Å². The Labute approximate surface area is 113 Å². The molecule has 0 atom stereocenters. The van der Waals surface area contributed by atoms with Crippen LogP contribution in [0.15, 0.2) is 22.9 Å². The summed E-state index contributed by atoms with van der Waals surface area (Å²) in [5.74, 6) is -1.55. The van der Waals surface area contributed by atoms with Crippen molar-refractivity contribution in [1.29, 1.82) is 0 Å². The van der Waals surface area contributed by atoms with Crippen molar-refractivity contribution < 1.29 is 22.3 Å². The van der Waals surface area contributed by atoms with E-state index in [0.717, 1.165) is 6.07 Å². The Morgan fingerprint density at radius 2 is 2.00 bits per heavy atom. The molecule has 0 radical (unpaired) electrons. The average Bonchev–Trinajstić information content (AvgIpc) is 2.58. The van der Waals surface area contributed by atoms with E-state index in [1.165, 1.54) is 11.7 Å². The fraction of sp³-hybridized carbons (Fsp3) is 0.200. The van der Waals surface area contributed by atoms with Gasteiger partial charge >= 0.3 is 12.2 Å². The van der Waals surface area contributed by atoms with Gasteiger partial charge in [0.25, 0.3) is 0 Å². The average molecular weight is 340 g/mol. The molecule has 0 amide bonds. The van der Waals surface area contributed by atoms with Crippen molar-refractivity contribution in [1.82, 2.24) is 14.8 Å². The summed E-state index contributed by atoms with van der Waals surface area (Å²) in [5.41, 5.74) is -1.40. The standard InChI is InChI=1S/C10H6BrF4N3O/c1-18-9(16-8(11)17-18)19-5-2-3-7(12)6(4-5)10(13,14)15/h2-4H,1H3. The molecule has 0 N–H and O–H groups in total. The molecule has 1 aromatic carbocycles. The van der Waals surface area contributed by atoms with E-state index >= 15 is 0 Å². The van der Waals surface area contributed by atoms with Crippen LogP contribution >= 0.6 is 15.9 Å². The third kappa shape index (κ3) is 3.03. The number of ether oxygens (including phenoxy) is 1. The van der Waals surface area contributed by atoms with E-state index in [9.17, 15) is 17.6 Å². The molecule has 102 valence electrons. The lowest BCUT2D eigenvalue weighted by atomic mass is 10.2. The van der Waals surface area contributed by atoms with Gasteiger partial charge in [-0.05, 0) is 34.1 Å². The number of aryl methyl sites for hydroxylation is 1. The Bertz CT molecular complexity index is 611. The van der Waals surface area contributed by atoms with Crippen molar-refractivity contribution in [2.24, 2.45) is 7.05 Å². The maximum atomic E-state index is 13.1. The van der Waals surface area contributed by atoms with Crippen LogP contribution < -0.4 is 4.74 Å².